The van der Waals surface area contributed by atoms with Gasteiger partial charge in [-0.2, -0.15) is 0 Å². The van der Waals surface area contributed by atoms with E-state index in [9.17, 15) is 14.7 Å². The molecule has 0 aliphatic heterocycles. The minimum atomic E-state index is -1.23. The number of carboxylic acids is 1. The molecule has 0 aromatic rings. The van der Waals surface area contributed by atoms with Crippen LogP contribution in [0.5, 0.6) is 0 Å². The van der Waals surface area contributed by atoms with E-state index in [1.807, 2.05) is 0 Å². The number of nitrogens with zero attached hydrogens (tertiary/aromatic N) is 1. The fraction of sp³-hybridized carbons (Fsp3) is 0.846. The van der Waals surface area contributed by atoms with Gasteiger partial charge in [0.2, 0.25) is 5.91 Å². The molecule has 0 aliphatic rings. The zero-order valence-corrected chi connectivity index (χ0v) is 21.7. The Balaban J connectivity index is 0. The molecule has 0 aliphatic carbocycles. The molecule has 196 valence electrons. The Bertz CT molecular complexity index is 481. The lowest BCUT2D eigenvalue weighted by molar-refractivity contribution is -0.145. The Hall–Kier alpha value is -1.44. The van der Waals surface area contributed by atoms with Gasteiger partial charge in [-0.1, -0.05) is 64.0 Å². The number of amides is 1. The van der Waals surface area contributed by atoms with Crippen molar-refractivity contribution in [3.8, 4) is 0 Å². The highest BCUT2D eigenvalue weighted by atomic mass is 16.4. The van der Waals surface area contributed by atoms with Gasteiger partial charge in [0.25, 0.3) is 0 Å². The van der Waals surface area contributed by atoms with Crippen molar-refractivity contribution in [2.75, 3.05) is 27.2 Å². The molecule has 0 saturated carbocycles. The summed E-state index contributed by atoms with van der Waals surface area (Å²) in [5, 5.41) is 28.7. The van der Waals surface area contributed by atoms with E-state index in [2.05, 4.69) is 43.4 Å². The van der Waals surface area contributed by atoms with Gasteiger partial charge < -0.3 is 25.5 Å². The number of unbranched alkanes of at least 4 members (excludes halogenated alkanes) is 8. The lowest BCUT2D eigenvalue weighted by Gasteiger charge is -2.09. The fourth-order valence-corrected chi connectivity index (χ4v) is 3.09. The molecule has 7 nitrogen and oxygen atoms in total. The predicted molar refractivity (Wildman–Crippen MR) is 136 cm³/mol. The Morgan fingerprint density at radius 2 is 1.52 bits per heavy atom. The van der Waals surface area contributed by atoms with Crippen molar-refractivity contribution in [3.05, 3.63) is 12.2 Å². The molecule has 7 heteroatoms. The number of carbonyl (C=O) groups is 2. The second-order valence-electron chi connectivity index (χ2n) is 9.04. The van der Waals surface area contributed by atoms with Crippen LogP contribution in [0, 0.1) is 0 Å². The van der Waals surface area contributed by atoms with Crippen molar-refractivity contribution in [1.82, 2.24) is 10.2 Å². The van der Waals surface area contributed by atoms with E-state index in [1.54, 1.807) is 0 Å². The SMILES string of the molecule is CC(O)C(=O)O.CCCCCC[C@@H](O)CC=CCCCCCCCC(=O)NCCCN(C)C. The van der Waals surface area contributed by atoms with Gasteiger partial charge in [0, 0.05) is 13.0 Å². The zero-order chi connectivity index (χ0) is 25.3. The molecular formula is C26H52N2O5. The summed E-state index contributed by atoms with van der Waals surface area (Å²) in [7, 11) is 4.10. The molecule has 2 atom stereocenters. The molecule has 0 rings (SSSR count). The van der Waals surface area contributed by atoms with Crippen LogP contribution in [-0.4, -0.2) is 71.5 Å². The molecule has 33 heavy (non-hydrogen) atoms. The highest BCUT2D eigenvalue weighted by Gasteiger charge is 2.02. The van der Waals surface area contributed by atoms with Gasteiger partial charge in [-0.05, 0) is 66.1 Å². The summed E-state index contributed by atoms with van der Waals surface area (Å²) < 4.78 is 0. The number of allylic oxidation sites excluding steroid dienone is 1. The average Bonchev–Trinajstić information content (AvgIpc) is 2.75. The maximum absolute atomic E-state index is 11.7. The van der Waals surface area contributed by atoms with Crippen LogP contribution in [0.2, 0.25) is 0 Å². The fourth-order valence-electron chi connectivity index (χ4n) is 3.09. The Morgan fingerprint density at radius 1 is 0.909 bits per heavy atom. The maximum atomic E-state index is 11.7. The summed E-state index contributed by atoms with van der Waals surface area (Å²) in [6.07, 6.45) is 18.2. The topological polar surface area (TPSA) is 110 Å². The minimum Gasteiger partial charge on any atom is -0.479 e. The van der Waals surface area contributed by atoms with Gasteiger partial charge in [0.1, 0.15) is 6.10 Å². The molecule has 0 aromatic carbocycles. The number of carboxylic acid groups (broad SMARTS) is 1. The summed E-state index contributed by atoms with van der Waals surface area (Å²) >= 11 is 0. The third-order valence-corrected chi connectivity index (χ3v) is 5.20. The first kappa shape index (κ1) is 33.7. The van der Waals surface area contributed by atoms with Crippen LogP contribution in [0.3, 0.4) is 0 Å². The van der Waals surface area contributed by atoms with Crippen LogP contribution in [0.1, 0.15) is 104 Å². The highest BCUT2D eigenvalue weighted by molar-refractivity contribution is 5.75. The van der Waals surface area contributed by atoms with Gasteiger partial charge in [-0.25, -0.2) is 4.79 Å². The number of carbonyl (C=O) groups excluding carboxylic acids is 1. The lowest BCUT2D eigenvalue weighted by atomic mass is 10.1. The van der Waals surface area contributed by atoms with Crippen LogP contribution in [-0.2, 0) is 9.59 Å². The van der Waals surface area contributed by atoms with E-state index in [4.69, 9.17) is 10.2 Å². The summed E-state index contributed by atoms with van der Waals surface area (Å²) in [5.41, 5.74) is 0. The Kier molecular flexibility index (Phi) is 25.7. The monoisotopic (exact) mass is 472 g/mol. The van der Waals surface area contributed by atoms with Gasteiger partial charge in [0.15, 0.2) is 0 Å². The third-order valence-electron chi connectivity index (χ3n) is 5.20. The van der Waals surface area contributed by atoms with Gasteiger partial charge >= 0.3 is 5.97 Å². The smallest absolute Gasteiger partial charge is 0.332 e. The average molecular weight is 473 g/mol. The molecule has 0 saturated heterocycles. The molecule has 0 heterocycles. The van der Waals surface area contributed by atoms with Gasteiger partial charge in [0.05, 0.1) is 6.10 Å². The lowest BCUT2D eigenvalue weighted by Crippen LogP contribution is -2.26. The van der Waals surface area contributed by atoms with E-state index in [0.29, 0.717) is 6.42 Å². The number of aliphatic hydroxyl groups excluding tert-OH is 2. The van der Waals surface area contributed by atoms with Crippen molar-refractivity contribution >= 4 is 11.9 Å². The predicted octanol–water partition coefficient (Wildman–Crippen LogP) is 4.51. The van der Waals surface area contributed by atoms with Crippen molar-refractivity contribution < 1.29 is 24.9 Å². The molecule has 0 bridgehead atoms. The number of hydrogen-bond acceptors (Lipinski definition) is 5. The molecule has 0 fully saturated rings. The Morgan fingerprint density at radius 3 is 2.12 bits per heavy atom. The molecule has 0 aromatic heterocycles. The van der Waals surface area contributed by atoms with Crippen LogP contribution < -0.4 is 5.32 Å². The van der Waals surface area contributed by atoms with Crippen LogP contribution in [0.4, 0.5) is 0 Å². The van der Waals surface area contributed by atoms with Crippen molar-refractivity contribution in [2.45, 2.75) is 116 Å². The van der Waals surface area contributed by atoms with Crippen molar-refractivity contribution in [1.29, 1.82) is 0 Å². The van der Waals surface area contributed by atoms with Crippen molar-refractivity contribution in [3.63, 3.8) is 0 Å². The summed E-state index contributed by atoms with van der Waals surface area (Å²) in [6.45, 7) is 5.22. The zero-order valence-electron chi connectivity index (χ0n) is 21.7. The minimum absolute atomic E-state index is 0.160. The van der Waals surface area contributed by atoms with Crippen LogP contribution in [0.15, 0.2) is 12.2 Å². The van der Waals surface area contributed by atoms with E-state index in [-0.39, 0.29) is 12.0 Å². The number of aliphatic hydroxyl groups is 2. The quantitative estimate of drug-likeness (QED) is 0.153. The van der Waals surface area contributed by atoms with E-state index in [0.717, 1.165) is 58.0 Å². The first-order chi connectivity index (χ1) is 15.7. The molecule has 1 amide bonds. The van der Waals surface area contributed by atoms with Crippen LogP contribution in [0.25, 0.3) is 0 Å². The first-order valence-electron chi connectivity index (χ1n) is 12.9. The normalized spacial score (nSPS) is 12.9. The van der Waals surface area contributed by atoms with E-state index in [1.165, 1.54) is 45.4 Å². The number of aliphatic carboxylic acids is 1. The summed E-state index contributed by atoms with van der Waals surface area (Å²) in [4.78, 5) is 23.3. The van der Waals surface area contributed by atoms with Crippen LogP contribution >= 0.6 is 0 Å². The summed E-state index contributed by atoms with van der Waals surface area (Å²) in [5.74, 6) is -0.986. The standard InChI is InChI=1S/C23H46N2O2.C3H6O3/c1-4-5-6-13-17-22(26)18-14-11-9-7-8-10-12-15-19-23(27)24-20-16-21-25(2)3;1-2(4)3(5)6/h11,14,22,26H,4-10,12-13,15-21H2,1-3H3,(H,24,27);2,4H,1H3,(H,5,6)/t22-;/m1./s1. The second kappa shape index (κ2) is 25.2. The van der Waals surface area contributed by atoms with Crippen molar-refractivity contribution in [2.24, 2.45) is 0 Å². The maximum Gasteiger partial charge on any atom is 0.332 e. The number of hydrogen-bond donors (Lipinski definition) is 4. The first-order valence-corrected chi connectivity index (χ1v) is 12.9. The molecule has 1 unspecified atom stereocenters. The molecule has 4 N–H and O–H groups in total. The largest absolute Gasteiger partial charge is 0.479 e. The number of nitrogens with one attached hydrogen (secondary N) is 1. The van der Waals surface area contributed by atoms with Gasteiger partial charge in [-0.3, -0.25) is 4.79 Å². The highest BCUT2D eigenvalue weighted by Crippen LogP contribution is 2.10. The molecular weight excluding hydrogens is 420 g/mol. The molecule has 0 spiro atoms. The van der Waals surface area contributed by atoms with Gasteiger partial charge in [-0.15, -0.1) is 0 Å². The third kappa shape index (κ3) is 30.6. The Labute approximate surface area is 202 Å². The van der Waals surface area contributed by atoms with E-state index < -0.39 is 12.1 Å². The summed E-state index contributed by atoms with van der Waals surface area (Å²) in [6, 6.07) is 0. The molecule has 0 radical (unpaired) electrons. The second-order valence-corrected chi connectivity index (χ2v) is 9.04. The van der Waals surface area contributed by atoms with E-state index >= 15 is 0 Å². The number of rotatable bonds is 20.